The summed E-state index contributed by atoms with van der Waals surface area (Å²) < 4.78 is 0. The van der Waals surface area contributed by atoms with Crippen molar-refractivity contribution in [1.82, 2.24) is 0 Å². The molecule has 5 N–H and O–H groups in total. The van der Waals surface area contributed by atoms with Crippen LogP contribution in [-0.2, 0) is 14.4 Å². The van der Waals surface area contributed by atoms with Crippen LogP contribution in [0.4, 0.5) is 0 Å². The Morgan fingerprint density at radius 3 is 1.94 bits per heavy atom. The molecule has 0 fully saturated rings. The van der Waals surface area contributed by atoms with Crippen molar-refractivity contribution in [3.8, 4) is 0 Å². The standard InChI is InChI=1S/C9H14O8/c10-3-1-2-5(7(13)14)9(17,8(15)16)4-6(11)12/h5,10,17H,1-4H2,(H,11,12)(H,13,14)(H,15,16). The second kappa shape index (κ2) is 6.16. The van der Waals surface area contributed by atoms with E-state index in [1.165, 1.54) is 0 Å². The van der Waals surface area contributed by atoms with Gasteiger partial charge in [0.25, 0.3) is 0 Å². The molecule has 0 amide bonds. The van der Waals surface area contributed by atoms with E-state index in [-0.39, 0.29) is 19.4 Å². The van der Waals surface area contributed by atoms with Crippen LogP contribution in [0, 0.1) is 5.92 Å². The minimum absolute atomic E-state index is 0.0494. The van der Waals surface area contributed by atoms with Crippen LogP contribution in [0.1, 0.15) is 19.3 Å². The fraction of sp³-hybridized carbons (Fsp3) is 0.667. The van der Waals surface area contributed by atoms with Crippen molar-refractivity contribution >= 4 is 17.9 Å². The van der Waals surface area contributed by atoms with E-state index in [0.717, 1.165) is 0 Å². The lowest BCUT2D eigenvalue weighted by molar-refractivity contribution is -0.179. The zero-order valence-electron chi connectivity index (χ0n) is 8.87. The first-order valence-corrected chi connectivity index (χ1v) is 4.77. The van der Waals surface area contributed by atoms with Crippen molar-refractivity contribution in [3.63, 3.8) is 0 Å². The lowest BCUT2D eigenvalue weighted by Gasteiger charge is -2.28. The number of aliphatic carboxylic acids is 3. The van der Waals surface area contributed by atoms with Gasteiger partial charge in [0.05, 0.1) is 12.3 Å². The maximum Gasteiger partial charge on any atom is 0.337 e. The molecule has 8 nitrogen and oxygen atoms in total. The minimum atomic E-state index is -2.88. The Labute approximate surface area is 96.1 Å². The highest BCUT2D eigenvalue weighted by atomic mass is 16.4. The van der Waals surface area contributed by atoms with Gasteiger partial charge in [-0.1, -0.05) is 0 Å². The molecule has 0 radical (unpaired) electrons. The topological polar surface area (TPSA) is 152 Å². The molecule has 0 aromatic heterocycles. The Morgan fingerprint density at radius 2 is 1.65 bits per heavy atom. The number of aliphatic hydroxyl groups excluding tert-OH is 1. The van der Waals surface area contributed by atoms with Gasteiger partial charge in [0.2, 0.25) is 0 Å². The molecule has 0 aliphatic heterocycles. The van der Waals surface area contributed by atoms with E-state index < -0.39 is 35.8 Å². The predicted molar refractivity (Wildman–Crippen MR) is 52.3 cm³/mol. The van der Waals surface area contributed by atoms with Crippen molar-refractivity contribution in [2.45, 2.75) is 24.9 Å². The number of hydrogen-bond donors (Lipinski definition) is 5. The quantitative estimate of drug-likeness (QED) is 0.358. The highest BCUT2D eigenvalue weighted by Gasteiger charge is 2.49. The fourth-order valence-corrected chi connectivity index (χ4v) is 1.44. The van der Waals surface area contributed by atoms with Gasteiger partial charge in [-0.05, 0) is 12.8 Å². The highest BCUT2D eigenvalue weighted by molar-refractivity contribution is 5.89. The molecular weight excluding hydrogens is 236 g/mol. The first kappa shape index (κ1) is 15.3. The zero-order chi connectivity index (χ0) is 13.6. The van der Waals surface area contributed by atoms with E-state index in [4.69, 9.17) is 20.4 Å². The Kier molecular flexibility index (Phi) is 5.56. The average Bonchev–Trinajstić information content (AvgIpc) is 2.16. The molecule has 0 aliphatic carbocycles. The molecule has 0 heterocycles. The summed E-state index contributed by atoms with van der Waals surface area (Å²) in [6, 6.07) is 0. The minimum Gasteiger partial charge on any atom is -0.481 e. The van der Waals surface area contributed by atoms with E-state index in [0.29, 0.717) is 0 Å². The lowest BCUT2D eigenvalue weighted by atomic mass is 9.81. The Bertz CT molecular complexity index is 312. The fourth-order valence-electron chi connectivity index (χ4n) is 1.44. The molecule has 0 rings (SSSR count). The molecule has 8 heteroatoms. The van der Waals surface area contributed by atoms with Crippen LogP contribution in [0.25, 0.3) is 0 Å². The maximum absolute atomic E-state index is 10.8. The number of carboxylic acid groups (broad SMARTS) is 3. The molecule has 0 saturated carbocycles. The molecule has 17 heavy (non-hydrogen) atoms. The van der Waals surface area contributed by atoms with Crippen LogP contribution >= 0.6 is 0 Å². The van der Waals surface area contributed by atoms with Crippen LogP contribution in [0.5, 0.6) is 0 Å². The van der Waals surface area contributed by atoms with E-state index in [9.17, 15) is 19.5 Å². The van der Waals surface area contributed by atoms with Crippen LogP contribution in [0.2, 0.25) is 0 Å². The van der Waals surface area contributed by atoms with E-state index in [2.05, 4.69) is 0 Å². The molecule has 0 spiro atoms. The van der Waals surface area contributed by atoms with Gasteiger partial charge >= 0.3 is 17.9 Å². The monoisotopic (exact) mass is 250 g/mol. The molecule has 0 aromatic carbocycles. The van der Waals surface area contributed by atoms with Crippen molar-refractivity contribution in [1.29, 1.82) is 0 Å². The third kappa shape index (κ3) is 4.00. The summed E-state index contributed by atoms with van der Waals surface area (Å²) in [5.74, 6) is -6.94. The van der Waals surface area contributed by atoms with Gasteiger partial charge in [0, 0.05) is 6.61 Å². The number of hydrogen-bond acceptors (Lipinski definition) is 5. The van der Waals surface area contributed by atoms with Crippen molar-refractivity contribution in [2.75, 3.05) is 6.61 Å². The normalized spacial score (nSPS) is 15.9. The predicted octanol–water partition coefficient (Wildman–Crippen LogP) is -1.25. The van der Waals surface area contributed by atoms with Gasteiger partial charge in [-0.2, -0.15) is 0 Å². The SMILES string of the molecule is O=C(O)CC(O)(C(=O)O)C(CCCO)C(=O)O. The van der Waals surface area contributed by atoms with Gasteiger partial charge in [-0.3, -0.25) is 9.59 Å². The van der Waals surface area contributed by atoms with Crippen molar-refractivity contribution in [3.05, 3.63) is 0 Å². The van der Waals surface area contributed by atoms with E-state index in [1.54, 1.807) is 0 Å². The summed E-state index contributed by atoms with van der Waals surface area (Å²) in [7, 11) is 0. The molecule has 98 valence electrons. The average molecular weight is 250 g/mol. The van der Waals surface area contributed by atoms with E-state index in [1.807, 2.05) is 0 Å². The van der Waals surface area contributed by atoms with Gasteiger partial charge < -0.3 is 25.5 Å². The zero-order valence-corrected chi connectivity index (χ0v) is 8.87. The summed E-state index contributed by atoms with van der Waals surface area (Å²) in [5, 5.41) is 44.3. The largest absolute Gasteiger partial charge is 0.481 e. The smallest absolute Gasteiger partial charge is 0.337 e. The van der Waals surface area contributed by atoms with Gasteiger partial charge in [-0.25, -0.2) is 4.79 Å². The highest BCUT2D eigenvalue weighted by Crippen LogP contribution is 2.27. The molecular formula is C9H14O8. The summed E-state index contributed by atoms with van der Waals surface area (Å²) in [6.07, 6.45) is -1.60. The van der Waals surface area contributed by atoms with Crippen LogP contribution in [0.3, 0.4) is 0 Å². The van der Waals surface area contributed by atoms with E-state index >= 15 is 0 Å². The maximum atomic E-state index is 10.8. The summed E-state index contributed by atoms with van der Waals surface area (Å²) >= 11 is 0. The third-order valence-electron chi connectivity index (χ3n) is 2.32. The lowest BCUT2D eigenvalue weighted by Crippen LogP contribution is -2.50. The summed E-state index contributed by atoms with van der Waals surface area (Å²) in [5.41, 5.74) is -2.88. The molecule has 2 atom stereocenters. The third-order valence-corrected chi connectivity index (χ3v) is 2.32. The van der Waals surface area contributed by atoms with Gasteiger partial charge in [-0.15, -0.1) is 0 Å². The van der Waals surface area contributed by atoms with Crippen LogP contribution in [-0.4, -0.2) is 55.6 Å². The molecule has 0 aliphatic rings. The Hall–Kier alpha value is -1.67. The second-order valence-corrected chi connectivity index (χ2v) is 3.56. The number of carboxylic acids is 3. The molecule has 0 saturated heterocycles. The molecule has 0 aromatic rings. The second-order valence-electron chi connectivity index (χ2n) is 3.56. The van der Waals surface area contributed by atoms with Crippen molar-refractivity contribution < 1.29 is 39.9 Å². The number of aliphatic hydroxyl groups is 2. The Balaban J connectivity index is 5.14. The number of carbonyl (C=O) groups is 3. The Morgan fingerprint density at radius 1 is 1.12 bits per heavy atom. The summed E-state index contributed by atoms with van der Waals surface area (Å²) in [4.78, 5) is 32.1. The van der Waals surface area contributed by atoms with Crippen molar-refractivity contribution in [2.24, 2.45) is 5.92 Å². The van der Waals surface area contributed by atoms with Gasteiger partial charge in [0.1, 0.15) is 0 Å². The van der Waals surface area contributed by atoms with Crippen LogP contribution in [0.15, 0.2) is 0 Å². The number of rotatable bonds is 8. The molecule has 0 bridgehead atoms. The summed E-state index contributed by atoms with van der Waals surface area (Å²) in [6.45, 7) is -0.382. The first-order valence-electron chi connectivity index (χ1n) is 4.77. The molecule has 2 unspecified atom stereocenters. The first-order chi connectivity index (χ1) is 7.75. The van der Waals surface area contributed by atoms with Gasteiger partial charge in [0.15, 0.2) is 5.60 Å². The van der Waals surface area contributed by atoms with Crippen LogP contribution < -0.4 is 0 Å².